The van der Waals surface area contributed by atoms with Gasteiger partial charge in [0.15, 0.2) is 5.69 Å². The van der Waals surface area contributed by atoms with E-state index in [1.807, 2.05) is 35.6 Å². The van der Waals surface area contributed by atoms with E-state index >= 15 is 0 Å². The summed E-state index contributed by atoms with van der Waals surface area (Å²) in [6.45, 7) is 5.84. The Bertz CT molecular complexity index is 946. The molecule has 7 nitrogen and oxygen atoms in total. The van der Waals surface area contributed by atoms with Crippen LogP contribution in [0.25, 0.3) is 0 Å². The third-order valence-electron chi connectivity index (χ3n) is 6.38. The SMILES string of the molecule is CCC(C)C(=O)N1CCc2c(c(C(=O)NC3CC3)nn2CCc2ccc(OC)cc2)C1. The van der Waals surface area contributed by atoms with Gasteiger partial charge in [-0.25, -0.2) is 0 Å². The van der Waals surface area contributed by atoms with Gasteiger partial charge in [-0.15, -0.1) is 0 Å². The molecule has 0 saturated heterocycles. The van der Waals surface area contributed by atoms with Crippen LogP contribution in [0, 0.1) is 5.92 Å². The van der Waals surface area contributed by atoms with E-state index in [9.17, 15) is 9.59 Å². The Kier molecular flexibility index (Phi) is 6.30. The molecule has 1 fully saturated rings. The van der Waals surface area contributed by atoms with E-state index in [0.29, 0.717) is 25.3 Å². The van der Waals surface area contributed by atoms with Gasteiger partial charge in [0, 0.05) is 49.3 Å². The Morgan fingerprint density at radius 2 is 2.00 bits per heavy atom. The molecule has 4 rings (SSSR count). The maximum Gasteiger partial charge on any atom is 0.272 e. The second-order valence-electron chi connectivity index (χ2n) is 8.66. The molecule has 1 aromatic carbocycles. The number of fused-ring (bicyclic) bond motifs is 1. The molecule has 1 atom stereocenters. The molecule has 7 heteroatoms. The standard InChI is InChI=1S/C24H32N4O3/c1-4-16(2)24(30)27-13-12-21-20(15-27)22(23(29)25-18-7-8-18)26-28(21)14-11-17-5-9-19(31-3)10-6-17/h5-6,9-10,16,18H,4,7-8,11-15H2,1-3H3,(H,25,29). The number of aryl methyl sites for hydroxylation is 2. The lowest BCUT2D eigenvalue weighted by Crippen LogP contribution is -2.40. The molecule has 31 heavy (non-hydrogen) atoms. The van der Waals surface area contributed by atoms with Crippen molar-refractivity contribution in [2.45, 2.75) is 65.1 Å². The van der Waals surface area contributed by atoms with Crippen LogP contribution in [-0.2, 0) is 30.7 Å². The Morgan fingerprint density at radius 1 is 1.26 bits per heavy atom. The van der Waals surface area contributed by atoms with E-state index < -0.39 is 0 Å². The van der Waals surface area contributed by atoms with E-state index in [4.69, 9.17) is 9.84 Å². The van der Waals surface area contributed by atoms with Crippen molar-refractivity contribution in [1.82, 2.24) is 20.0 Å². The first-order valence-corrected chi connectivity index (χ1v) is 11.3. The molecule has 1 aliphatic heterocycles. The van der Waals surface area contributed by atoms with E-state index in [-0.39, 0.29) is 23.8 Å². The molecule has 2 aliphatic rings. The van der Waals surface area contributed by atoms with Crippen LogP contribution < -0.4 is 10.1 Å². The van der Waals surface area contributed by atoms with Crippen molar-refractivity contribution in [3.8, 4) is 5.75 Å². The predicted octanol–water partition coefficient (Wildman–Crippen LogP) is 2.96. The maximum absolute atomic E-state index is 12.9. The Balaban J connectivity index is 1.55. The lowest BCUT2D eigenvalue weighted by atomic mass is 10.0. The molecule has 0 spiro atoms. The van der Waals surface area contributed by atoms with Crippen molar-refractivity contribution in [3.05, 3.63) is 46.8 Å². The number of carbonyl (C=O) groups is 2. The second kappa shape index (κ2) is 9.12. The summed E-state index contributed by atoms with van der Waals surface area (Å²) in [5.41, 5.74) is 3.68. The molecule has 0 radical (unpaired) electrons. The lowest BCUT2D eigenvalue weighted by Gasteiger charge is -2.30. The fraction of sp³-hybridized carbons (Fsp3) is 0.542. The van der Waals surface area contributed by atoms with Crippen molar-refractivity contribution in [3.63, 3.8) is 0 Å². The van der Waals surface area contributed by atoms with Crippen molar-refractivity contribution >= 4 is 11.8 Å². The molecule has 1 aromatic heterocycles. The number of benzene rings is 1. The van der Waals surface area contributed by atoms with Crippen molar-refractivity contribution in [1.29, 1.82) is 0 Å². The minimum absolute atomic E-state index is 0.00425. The highest BCUT2D eigenvalue weighted by Crippen LogP contribution is 2.26. The minimum atomic E-state index is -0.111. The summed E-state index contributed by atoms with van der Waals surface area (Å²) in [6.07, 6.45) is 4.43. The molecule has 2 heterocycles. The predicted molar refractivity (Wildman–Crippen MR) is 118 cm³/mol. The molecule has 1 saturated carbocycles. The fourth-order valence-electron chi connectivity index (χ4n) is 4.04. The van der Waals surface area contributed by atoms with Gasteiger partial charge in [0.1, 0.15) is 5.75 Å². The van der Waals surface area contributed by atoms with Gasteiger partial charge in [-0.1, -0.05) is 26.0 Å². The van der Waals surface area contributed by atoms with Gasteiger partial charge in [0.25, 0.3) is 5.91 Å². The van der Waals surface area contributed by atoms with Gasteiger partial charge in [-0.2, -0.15) is 5.10 Å². The first-order chi connectivity index (χ1) is 15.0. The average Bonchev–Trinajstić information content (AvgIpc) is 3.54. The largest absolute Gasteiger partial charge is 0.497 e. The summed E-state index contributed by atoms with van der Waals surface area (Å²) in [7, 11) is 1.66. The number of nitrogens with one attached hydrogen (secondary N) is 1. The third-order valence-corrected chi connectivity index (χ3v) is 6.38. The van der Waals surface area contributed by atoms with Gasteiger partial charge in [-0.05, 0) is 43.4 Å². The highest BCUT2D eigenvalue weighted by Gasteiger charge is 2.33. The Hall–Kier alpha value is -2.83. The zero-order chi connectivity index (χ0) is 22.0. The molecule has 1 aliphatic carbocycles. The summed E-state index contributed by atoms with van der Waals surface area (Å²) in [5, 5.41) is 7.79. The number of hydrogen-bond donors (Lipinski definition) is 1. The summed E-state index contributed by atoms with van der Waals surface area (Å²) in [6, 6.07) is 8.31. The van der Waals surface area contributed by atoms with Crippen LogP contribution in [-0.4, -0.2) is 46.2 Å². The van der Waals surface area contributed by atoms with E-state index in [1.165, 1.54) is 5.56 Å². The van der Waals surface area contributed by atoms with Crippen molar-refractivity contribution < 1.29 is 14.3 Å². The number of ether oxygens (including phenoxy) is 1. The van der Waals surface area contributed by atoms with Crippen LogP contribution in [0.2, 0.25) is 0 Å². The van der Waals surface area contributed by atoms with Gasteiger partial charge >= 0.3 is 0 Å². The fourth-order valence-corrected chi connectivity index (χ4v) is 4.04. The number of methoxy groups -OCH3 is 1. The summed E-state index contributed by atoms with van der Waals surface area (Å²) in [5.74, 6) is 0.883. The monoisotopic (exact) mass is 424 g/mol. The van der Waals surface area contributed by atoms with Gasteiger partial charge < -0.3 is 15.0 Å². The molecular formula is C24H32N4O3. The Labute approximate surface area is 183 Å². The van der Waals surface area contributed by atoms with E-state index in [2.05, 4.69) is 17.4 Å². The first kappa shape index (κ1) is 21.4. The molecule has 1 N–H and O–H groups in total. The number of rotatable bonds is 8. The van der Waals surface area contributed by atoms with Crippen LogP contribution in [0.4, 0.5) is 0 Å². The molecule has 1 unspecified atom stereocenters. The van der Waals surface area contributed by atoms with E-state index in [1.54, 1.807) is 7.11 Å². The summed E-state index contributed by atoms with van der Waals surface area (Å²) < 4.78 is 7.21. The molecule has 166 valence electrons. The highest BCUT2D eigenvalue weighted by atomic mass is 16.5. The lowest BCUT2D eigenvalue weighted by molar-refractivity contribution is -0.136. The maximum atomic E-state index is 12.9. The number of hydrogen-bond acceptors (Lipinski definition) is 4. The van der Waals surface area contributed by atoms with E-state index in [0.717, 1.165) is 49.1 Å². The van der Waals surface area contributed by atoms with Crippen LogP contribution in [0.5, 0.6) is 5.75 Å². The van der Waals surface area contributed by atoms with Crippen molar-refractivity contribution in [2.24, 2.45) is 5.92 Å². The number of nitrogens with zero attached hydrogens (tertiary/aromatic N) is 3. The third kappa shape index (κ3) is 4.75. The van der Waals surface area contributed by atoms with Gasteiger partial charge in [0.05, 0.1) is 7.11 Å². The first-order valence-electron chi connectivity index (χ1n) is 11.3. The quantitative estimate of drug-likeness (QED) is 0.707. The zero-order valence-electron chi connectivity index (χ0n) is 18.7. The highest BCUT2D eigenvalue weighted by molar-refractivity contribution is 5.94. The second-order valence-corrected chi connectivity index (χ2v) is 8.66. The minimum Gasteiger partial charge on any atom is -0.497 e. The van der Waals surface area contributed by atoms with Crippen LogP contribution in [0.1, 0.15) is 60.4 Å². The Morgan fingerprint density at radius 3 is 2.65 bits per heavy atom. The zero-order valence-corrected chi connectivity index (χ0v) is 18.7. The number of amides is 2. The number of carbonyl (C=O) groups excluding carboxylic acids is 2. The summed E-state index contributed by atoms with van der Waals surface area (Å²) >= 11 is 0. The van der Waals surface area contributed by atoms with Crippen molar-refractivity contribution in [2.75, 3.05) is 13.7 Å². The smallest absolute Gasteiger partial charge is 0.272 e. The van der Waals surface area contributed by atoms with Crippen LogP contribution in [0.3, 0.4) is 0 Å². The van der Waals surface area contributed by atoms with Gasteiger partial charge in [-0.3, -0.25) is 14.3 Å². The molecule has 0 bridgehead atoms. The summed E-state index contributed by atoms with van der Waals surface area (Å²) in [4.78, 5) is 27.5. The van der Waals surface area contributed by atoms with Gasteiger partial charge in [0.2, 0.25) is 5.91 Å². The molecular weight excluding hydrogens is 392 g/mol. The molecule has 2 aromatic rings. The average molecular weight is 425 g/mol. The normalized spacial score (nSPS) is 16.5. The number of aromatic nitrogens is 2. The van der Waals surface area contributed by atoms with Crippen LogP contribution in [0.15, 0.2) is 24.3 Å². The topological polar surface area (TPSA) is 76.5 Å². The van der Waals surface area contributed by atoms with Crippen LogP contribution >= 0.6 is 0 Å². The molecule has 2 amide bonds.